The number of carbonyl (C=O) groups excluding carboxylic acids is 1. The van der Waals surface area contributed by atoms with Crippen molar-refractivity contribution < 1.29 is 18.7 Å². The van der Waals surface area contributed by atoms with Crippen LogP contribution in [0.5, 0.6) is 11.5 Å². The molecule has 7 nitrogen and oxygen atoms in total. The van der Waals surface area contributed by atoms with Gasteiger partial charge in [-0.25, -0.2) is 0 Å². The molecule has 7 heteroatoms. The Labute approximate surface area is 159 Å². The fourth-order valence-corrected chi connectivity index (χ4v) is 3.11. The molecule has 0 spiro atoms. The Kier molecular flexibility index (Phi) is 6.32. The summed E-state index contributed by atoms with van der Waals surface area (Å²) < 4.78 is 16.6. The van der Waals surface area contributed by atoms with Crippen LogP contribution in [0, 0.1) is 12.8 Å². The molecule has 1 aliphatic heterocycles. The van der Waals surface area contributed by atoms with Gasteiger partial charge in [-0.2, -0.15) is 0 Å². The van der Waals surface area contributed by atoms with Crippen LogP contribution in [0.4, 0.5) is 0 Å². The van der Waals surface area contributed by atoms with Crippen molar-refractivity contribution in [3.63, 3.8) is 0 Å². The molecule has 146 valence electrons. The van der Waals surface area contributed by atoms with Gasteiger partial charge >= 0.3 is 0 Å². The highest BCUT2D eigenvalue weighted by Crippen LogP contribution is 2.31. The Hall–Kier alpha value is -2.57. The second-order valence-corrected chi connectivity index (χ2v) is 7.24. The predicted octanol–water partition coefficient (Wildman–Crippen LogP) is 3.38. The van der Waals surface area contributed by atoms with E-state index in [1.807, 2.05) is 18.2 Å². The highest BCUT2D eigenvalue weighted by molar-refractivity contribution is 5.76. The van der Waals surface area contributed by atoms with Crippen LogP contribution in [-0.4, -0.2) is 29.3 Å². The molecular formula is C20H27N3O4. The largest absolute Gasteiger partial charge is 0.486 e. The number of aryl methyl sites for hydroxylation is 2. The molecule has 3 rings (SSSR count). The minimum atomic E-state index is -0.243. The van der Waals surface area contributed by atoms with Gasteiger partial charge < -0.3 is 19.2 Å². The number of amides is 1. The van der Waals surface area contributed by atoms with E-state index in [4.69, 9.17) is 13.9 Å². The lowest BCUT2D eigenvalue weighted by Crippen LogP contribution is -2.29. The van der Waals surface area contributed by atoms with Gasteiger partial charge in [-0.1, -0.05) is 19.9 Å². The quantitative estimate of drug-likeness (QED) is 0.763. The van der Waals surface area contributed by atoms with E-state index in [2.05, 4.69) is 29.4 Å². The molecular weight excluding hydrogens is 346 g/mol. The molecule has 1 aromatic heterocycles. The van der Waals surface area contributed by atoms with Crippen LogP contribution in [0.3, 0.4) is 0 Å². The van der Waals surface area contributed by atoms with Crippen LogP contribution in [0.1, 0.15) is 56.5 Å². The number of carbonyl (C=O) groups is 1. The van der Waals surface area contributed by atoms with Crippen molar-refractivity contribution in [3.8, 4) is 11.5 Å². The molecule has 0 saturated heterocycles. The molecule has 1 unspecified atom stereocenters. The summed E-state index contributed by atoms with van der Waals surface area (Å²) in [6.07, 6.45) is 2.76. The molecule has 0 fully saturated rings. The molecule has 2 aromatic rings. The van der Waals surface area contributed by atoms with Crippen LogP contribution in [-0.2, 0) is 11.2 Å². The second-order valence-electron chi connectivity index (χ2n) is 7.24. The topological polar surface area (TPSA) is 86.5 Å². The summed E-state index contributed by atoms with van der Waals surface area (Å²) in [6.45, 7) is 7.11. The summed E-state index contributed by atoms with van der Waals surface area (Å²) in [5, 5.41) is 11.0. The molecule has 27 heavy (non-hydrogen) atoms. The van der Waals surface area contributed by atoms with Crippen molar-refractivity contribution in [1.82, 2.24) is 15.5 Å². The van der Waals surface area contributed by atoms with E-state index >= 15 is 0 Å². The Balaban J connectivity index is 1.50. The number of nitrogens with zero attached hydrogens (tertiary/aromatic N) is 2. The van der Waals surface area contributed by atoms with Gasteiger partial charge in [0, 0.05) is 13.3 Å². The van der Waals surface area contributed by atoms with Crippen LogP contribution in [0.2, 0.25) is 0 Å². The van der Waals surface area contributed by atoms with Crippen molar-refractivity contribution in [1.29, 1.82) is 0 Å². The lowest BCUT2D eigenvalue weighted by molar-refractivity contribution is -0.122. The Morgan fingerprint density at radius 3 is 2.67 bits per heavy atom. The maximum absolute atomic E-state index is 12.4. The first kappa shape index (κ1) is 19.2. The van der Waals surface area contributed by atoms with Gasteiger partial charge in [-0.15, -0.1) is 10.2 Å². The summed E-state index contributed by atoms with van der Waals surface area (Å²) >= 11 is 0. The Morgan fingerprint density at radius 1 is 1.19 bits per heavy atom. The van der Waals surface area contributed by atoms with E-state index in [0.717, 1.165) is 36.3 Å². The number of fused-ring (bicyclic) bond motifs is 1. The first-order valence-electron chi connectivity index (χ1n) is 9.49. The minimum absolute atomic E-state index is 0.00551. The molecule has 1 aromatic carbocycles. The summed E-state index contributed by atoms with van der Waals surface area (Å²) in [5.41, 5.74) is 1.14. The van der Waals surface area contributed by atoms with E-state index in [1.165, 1.54) is 0 Å². The summed E-state index contributed by atoms with van der Waals surface area (Å²) in [5.74, 6) is 2.95. The minimum Gasteiger partial charge on any atom is -0.486 e. The third-order valence-corrected chi connectivity index (χ3v) is 4.36. The second kappa shape index (κ2) is 8.88. The van der Waals surface area contributed by atoms with Crippen LogP contribution in [0.25, 0.3) is 0 Å². The number of rotatable bonds is 8. The molecule has 1 aliphatic rings. The lowest BCUT2D eigenvalue weighted by Gasteiger charge is -2.19. The van der Waals surface area contributed by atoms with Gasteiger partial charge in [-0.05, 0) is 42.9 Å². The fourth-order valence-electron chi connectivity index (χ4n) is 3.11. The lowest BCUT2D eigenvalue weighted by atomic mass is 10.0. The first-order valence-corrected chi connectivity index (χ1v) is 9.49. The van der Waals surface area contributed by atoms with Gasteiger partial charge in [0.25, 0.3) is 0 Å². The van der Waals surface area contributed by atoms with E-state index in [9.17, 15) is 4.79 Å². The number of nitrogens with one attached hydrogen (secondary N) is 1. The van der Waals surface area contributed by atoms with Crippen molar-refractivity contribution in [2.75, 3.05) is 13.2 Å². The van der Waals surface area contributed by atoms with Crippen LogP contribution in [0.15, 0.2) is 22.6 Å². The van der Waals surface area contributed by atoms with Gasteiger partial charge in [0.1, 0.15) is 19.3 Å². The normalized spacial score (nSPS) is 14.2. The zero-order chi connectivity index (χ0) is 19.2. The smallest absolute Gasteiger partial charge is 0.238 e. The molecule has 1 atom stereocenters. The molecule has 1 amide bonds. The predicted molar refractivity (Wildman–Crippen MR) is 99.7 cm³/mol. The third-order valence-electron chi connectivity index (χ3n) is 4.36. The summed E-state index contributed by atoms with van der Waals surface area (Å²) in [4.78, 5) is 12.4. The number of benzene rings is 1. The van der Waals surface area contributed by atoms with E-state index < -0.39 is 0 Å². The number of hydrogen-bond acceptors (Lipinski definition) is 6. The highest BCUT2D eigenvalue weighted by Gasteiger charge is 2.21. The van der Waals surface area contributed by atoms with Gasteiger partial charge in [0.2, 0.25) is 17.7 Å². The van der Waals surface area contributed by atoms with E-state index in [1.54, 1.807) is 6.92 Å². The van der Waals surface area contributed by atoms with Crippen molar-refractivity contribution >= 4 is 5.91 Å². The van der Waals surface area contributed by atoms with Crippen LogP contribution >= 0.6 is 0 Å². The zero-order valence-corrected chi connectivity index (χ0v) is 16.2. The number of ether oxygens (including phenoxy) is 2. The molecule has 0 bridgehead atoms. The Morgan fingerprint density at radius 2 is 1.96 bits per heavy atom. The van der Waals surface area contributed by atoms with E-state index in [0.29, 0.717) is 37.3 Å². The summed E-state index contributed by atoms with van der Waals surface area (Å²) in [6, 6.07) is 5.71. The van der Waals surface area contributed by atoms with E-state index in [-0.39, 0.29) is 11.9 Å². The zero-order valence-electron chi connectivity index (χ0n) is 16.2. The van der Waals surface area contributed by atoms with Crippen molar-refractivity contribution in [3.05, 3.63) is 35.5 Å². The Bertz CT molecular complexity index is 772. The maximum Gasteiger partial charge on any atom is 0.238 e. The van der Waals surface area contributed by atoms with Crippen LogP contribution < -0.4 is 14.8 Å². The molecule has 0 saturated carbocycles. The third kappa shape index (κ3) is 5.45. The van der Waals surface area contributed by atoms with Gasteiger partial charge in [0.05, 0.1) is 0 Å². The fraction of sp³-hybridized carbons (Fsp3) is 0.550. The number of aromatic nitrogens is 2. The average Bonchev–Trinajstić information content (AvgIpc) is 3.07. The maximum atomic E-state index is 12.4. The van der Waals surface area contributed by atoms with Crippen molar-refractivity contribution in [2.45, 2.75) is 52.5 Å². The molecule has 1 N–H and O–H groups in total. The summed E-state index contributed by atoms with van der Waals surface area (Å²) in [7, 11) is 0. The van der Waals surface area contributed by atoms with Gasteiger partial charge in [-0.3, -0.25) is 4.79 Å². The average molecular weight is 373 g/mol. The SMILES string of the molecule is Cc1nnc(C(CC(C)C)NC(=O)CCCc2ccc3c(c2)OCCO3)o1. The standard InChI is InChI=1S/C20H27N3O4/c1-13(2)11-16(20-23-22-14(3)27-20)21-19(24)6-4-5-15-7-8-17-18(12-15)26-10-9-25-17/h7-8,12-13,16H,4-6,9-11H2,1-3H3,(H,21,24). The molecule has 2 heterocycles. The first-order chi connectivity index (χ1) is 13.0. The molecule has 0 radical (unpaired) electrons. The number of hydrogen-bond donors (Lipinski definition) is 1. The monoisotopic (exact) mass is 373 g/mol. The van der Waals surface area contributed by atoms with Gasteiger partial charge in [0.15, 0.2) is 11.5 Å². The van der Waals surface area contributed by atoms with Crippen molar-refractivity contribution in [2.24, 2.45) is 5.92 Å². The molecule has 0 aliphatic carbocycles. The highest BCUT2D eigenvalue weighted by atomic mass is 16.6.